The molecule has 0 bridgehead atoms. The number of carboxylic acids is 1. The van der Waals surface area contributed by atoms with Crippen LogP contribution in [0.15, 0.2) is 0 Å². The summed E-state index contributed by atoms with van der Waals surface area (Å²) in [6, 6.07) is 0. The van der Waals surface area contributed by atoms with Crippen molar-refractivity contribution in [2.24, 2.45) is 5.92 Å². The lowest BCUT2D eigenvalue weighted by molar-refractivity contribution is -0.143. The van der Waals surface area contributed by atoms with Gasteiger partial charge in [-0.3, -0.25) is 4.79 Å². The van der Waals surface area contributed by atoms with Gasteiger partial charge in [0.1, 0.15) is 0 Å². The van der Waals surface area contributed by atoms with Gasteiger partial charge in [0.25, 0.3) is 0 Å². The second-order valence-corrected chi connectivity index (χ2v) is 4.75. The van der Waals surface area contributed by atoms with Gasteiger partial charge in [0, 0.05) is 19.7 Å². The van der Waals surface area contributed by atoms with E-state index in [1.54, 1.807) is 0 Å². The van der Waals surface area contributed by atoms with Crippen LogP contribution >= 0.6 is 0 Å². The fraction of sp³-hybridized carbons (Fsp3) is 0.917. The van der Waals surface area contributed by atoms with E-state index in [9.17, 15) is 4.79 Å². The Morgan fingerprint density at radius 1 is 1.56 bits per heavy atom. The number of carbonyl (C=O) groups is 1. The molecule has 94 valence electrons. The monoisotopic (exact) mass is 229 g/mol. The third kappa shape index (κ3) is 4.94. The lowest BCUT2D eigenvalue weighted by Gasteiger charge is -2.30. The third-order valence-electron chi connectivity index (χ3n) is 2.92. The molecule has 0 aromatic heterocycles. The maximum Gasteiger partial charge on any atom is 0.307 e. The minimum atomic E-state index is -0.650. The normalized spacial score (nSPS) is 22.6. The Morgan fingerprint density at radius 2 is 2.31 bits per heavy atom. The molecule has 0 aliphatic carbocycles. The van der Waals surface area contributed by atoms with Crippen LogP contribution in [0.25, 0.3) is 0 Å². The minimum absolute atomic E-state index is 0.167. The van der Waals surface area contributed by atoms with Crippen LogP contribution in [0.2, 0.25) is 0 Å². The van der Waals surface area contributed by atoms with E-state index in [0.29, 0.717) is 6.54 Å². The molecule has 4 nitrogen and oxygen atoms in total. The van der Waals surface area contributed by atoms with Gasteiger partial charge in [0.05, 0.1) is 12.0 Å². The molecule has 0 radical (unpaired) electrons. The van der Waals surface area contributed by atoms with Crippen molar-refractivity contribution in [3.8, 4) is 0 Å². The van der Waals surface area contributed by atoms with Crippen LogP contribution in [0.1, 0.15) is 33.1 Å². The maximum absolute atomic E-state index is 10.9. The molecule has 0 saturated carbocycles. The van der Waals surface area contributed by atoms with Crippen LogP contribution in [0.5, 0.6) is 0 Å². The molecular weight excluding hydrogens is 206 g/mol. The summed E-state index contributed by atoms with van der Waals surface area (Å²) in [7, 11) is 0. The molecule has 1 saturated heterocycles. The van der Waals surface area contributed by atoms with Gasteiger partial charge >= 0.3 is 5.97 Å². The Hall–Kier alpha value is -0.610. The molecule has 1 heterocycles. The molecule has 0 aromatic carbocycles. The van der Waals surface area contributed by atoms with Crippen molar-refractivity contribution < 1.29 is 14.6 Å². The van der Waals surface area contributed by atoms with Gasteiger partial charge in [-0.25, -0.2) is 0 Å². The van der Waals surface area contributed by atoms with Crippen molar-refractivity contribution in [1.29, 1.82) is 0 Å². The predicted molar refractivity (Wildman–Crippen MR) is 62.5 cm³/mol. The Morgan fingerprint density at radius 3 is 2.94 bits per heavy atom. The predicted octanol–water partition coefficient (Wildman–Crippen LogP) is 1.60. The highest BCUT2D eigenvalue weighted by molar-refractivity contribution is 5.70. The number of aliphatic carboxylic acids is 1. The fourth-order valence-corrected chi connectivity index (χ4v) is 2.07. The van der Waals surface area contributed by atoms with E-state index in [1.165, 1.54) is 0 Å². The van der Waals surface area contributed by atoms with Crippen LogP contribution in [0.3, 0.4) is 0 Å². The molecule has 0 spiro atoms. The smallest absolute Gasteiger partial charge is 0.307 e. The first kappa shape index (κ1) is 13.5. The number of nitrogens with zero attached hydrogens (tertiary/aromatic N) is 1. The molecular formula is C12H23NO3. The van der Waals surface area contributed by atoms with Gasteiger partial charge in [-0.1, -0.05) is 0 Å². The number of ether oxygens (including phenoxy) is 1. The molecule has 1 N–H and O–H groups in total. The van der Waals surface area contributed by atoms with E-state index in [-0.39, 0.29) is 12.0 Å². The number of carboxylic acid groups (broad SMARTS) is 1. The van der Waals surface area contributed by atoms with E-state index in [0.717, 1.165) is 39.0 Å². The summed E-state index contributed by atoms with van der Waals surface area (Å²) >= 11 is 0. The van der Waals surface area contributed by atoms with Crippen LogP contribution in [-0.4, -0.2) is 48.3 Å². The standard InChI is InChI=1S/C12H23NO3/c1-10(2)16-8-4-7-13-6-3-5-11(9-13)12(14)15/h10-11H,3-9H2,1-2H3,(H,14,15). The number of piperidine rings is 1. The SMILES string of the molecule is CC(C)OCCCN1CCCC(C(=O)O)C1. The van der Waals surface area contributed by atoms with Gasteiger partial charge in [0.2, 0.25) is 0 Å². The lowest BCUT2D eigenvalue weighted by Crippen LogP contribution is -2.39. The van der Waals surface area contributed by atoms with Gasteiger partial charge < -0.3 is 14.7 Å². The van der Waals surface area contributed by atoms with E-state index in [2.05, 4.69) is 4.90 Å². The zero-order chi connectivity index (χ0) is 12.0. The van der Waals surface area contributed by atoms with Crippen LogP contribution in [0, 0.1) is 5.92 Å². The summed E-state index contributed by atoms with van der Waals surface area (Å²) in [6.45, 7) is 7.52. The zero-order valence-electron chi connectivity index (χ0n) is 10.3. The van der Waals surface area contributed by atoms with E-state index in [1.807, 2.05) is 13.8 Å². The van der Waals surface area contributed by atoms with Crippen molar-refractivity contribution in [2.75, 3.05) is 26.2 Å². The number of hydrogen-bond donors (Lipinski definition) is 1. The van der Waals surface area contributed by atoms with Crippen molar-refractivity contribution in [3.05, 3.63) is 0 Å². The second-order valence-electron chi connectivity index (χ2n) is 4.75. The lowest BCUT2D eigenvalue weighted by atomic mass is 9.98. The highest BCUT2D eigenvalue weighted by Gasteiger charge is 2.24. The first-order valence-electron chi connectivity index (χ1n) is 6.16. The van der Waals surface area contributed by atoms with Crippen LogP contribution in [-0.2, 0) is 9.53 Å². The average molecular weight is 229 g/mol. The summed E-state index contributed by atoms with van der Waals surface area (Å²) < 4.78 is 5.46. The number of hydrogen-bond acceptors (Lipinski definition) is 3. The highest BCUT2D eigenvalue weighted by atomic mass is 16.5. The summed E-state index contributed by atoms with van der Waals surface area (Å²) in [5, 5.41) is 8.95. The Labute approximate surface area is 97.6 Å². The van der Waals surface area contributed by atoms with Gasteiger partial charge in [0.15, 0.2) is 0 Å². The molecule has 16 heavy (non-hydrogen) atoms. The van der Waals surface area contributed by atoms with Crippen molar-refractivity contribution >= 4 is 5.97 Å². The van der Waals surface area contributed by atoms with E-state index in [4.69, 9.17) is 9.84 Å². The topological polar surface area (TPSA) is 49.8 Å². The minimum Gasteiger partial charge on any atom is -0.481 e. The van der Waals surface area contributed by atoms with E-state index < -0.39 is 5.97 Å². The van der Waals surface area contributed by atoms with Crippen LogP contribution < -0.4 is 0 Å². The largest absolute Gasteiger partial charge is 0.481 e. The summed E-state index contributed by atoms with van der Waals surface area (Å²) in [5.74, 6) is -0.817. The molecule has 1 rings (SSSR count). The second kappa shape index (κ2) is 6.86. The number of rotatable bonds is 6. The molecule has 1 aliphatic heterocycles. The van der Waals surface area contributed by atoms with Crippen molar-refractivity contribution in [2.45, 2.75) is 39.2 Å². The molecule has 1 fully saturated rings. The molecule has 1 atom stereocenters. The van der Waals surface area contributed by atoms with Gasteiger partial charge in [-0.15, -0.1) is 0 Å². The van der Waals surface area contributed by atoms with Gasteiger partial charge in [-0.05, 0) is 39.7 Å². The summed E-state index contributed by atoms with van der Waals surface area (Å²) in [5.41, 5.74) is 0. The summed E-state index contributed by atoms with van der Waals surface area (Å²) in [6.07, 6.45) is 3.11. The first-order chi connectivity index (χ1) is 7.59. The molecule has 1 aliphatic rings. The molecule has 4 heteroatoms. The Balaban J connectivity index is 2.14. The van der Waals surface area contributed by atoms with Crippen LogP contribution in [0.4, 0.5) is 0 Å². The molecule has 1 unspecified atom stereocenters. The number of likely N-dealkylation sites (tertiary alicyclic amines) is 1. The average Bonchev–Trinajstić information content (AvgIpc) is 2.24. The van der Waals surface area contributed by atoms with Crippen molar-refractivity contribution in [3.63, 3.8) is 0 Å². The van der Waals surface area contributed by atoms with E-state index >= 15 is 0 Å². The summed E-state index contributed by atoms with van der Waals surface area (Å²) in [4.78, 5) is 13.1. The highest BCUT2D eigenvalue weighted by Crippen LogP contribution is 2.16. The Bertz CT molecular complexity index is 218. The van der Waals surface area contributed by atoms with Gasteiger partial charge in [-0.2, -0.15) is 0 Å². The Kier molecular flexibility index (Phi) is 5.77. The quantitative estimate of drug-likeness (QED) is 0.703. The zero-order valence-corrected chi connectivity index (χ0v) is 10.3. The third-order valence-corrected chi connectivity index (χ3v) is 2.92. The van der Waals surface area contributed by atoms with Crippen molar-refractivity contribution in [1.82, 2.24) is 4.90 Å². The maximum atomic E-state index is 10.9. The first-order valence-corrected chi connectivity index (χ1v) is 6.16. The molecule has 0 aromatic rings. The fourth-order valence-electron chi connectivity index (χ4n) is 2.07. The molecule has 0 amide bonds.